The molecule has 8 nitrogen and oxygen atoms in total. The molecule has 44 heavy (non-hydrogen) atoms. The van der Waals surface area contributed by atoms with Crippen LogP contribution in [0.25, 0.3) is 0 Å². The highest BCUT2D eigenvalue weighted by molar-refractivity contribution is 5.97. The van der Waals surface area contributed by atoms with E-state index in [1.54, 1.807) is 29.2 Å². The third-order valence-electron chi connectivity index (χ3n) is 8.07. The maximum atomic E-state index is 14.6. The number of hydrogen-bond acceptors (Lipinski definition) is 6. The van der Waals surface area contributed by atoms with Gasteiger partial charge in [-0.25, -0.2) is 14.6 Å². The van der Waals surface area contributed by atoms with Crippen LogP contribution in [0.2, 0.25) is 0 Å². The molecule has 2 aliphatic rings. The molecule has 2 aromatic carbocycles. The molecule has 2 N–H and O–H groups in total. The number of anilines is 2. The zero-order chi connectivity index (χ0) is 31.2. The molecule has 2 atom stereocenters. The van der Waals surface area contributed by atoms with Crippen LogP contribution in [0.5, 0.6) is 0 Å². The number of benzene rings is 2. The van der Waals surface area contributed by atoms with E-state index in [1.807, 2.05) is 36.4 Å². The molecule has 6 rings (SSSR count). The number of rotatable bonds is 5. The highest BCUT2D eigenvalue weighted by Crippen LogP contribution is 2.49. The average Bonchev–Trinajstić information content (AvgIpc) is 3.35. The number of aliphatic hydroxyl groups excluding tert-OH is 1. The Morgan fingerprint density at radius 3 is 1.95 bits per heavy atom. The number of aromatic nitrogens is 4. The van der Waals surface area contributed by atoms with Crippen LogP contribution in [-0.4, -0.2) is 56.1 Å². The Bertz CT molecular complexity index is 1580. The van der Waals surface area contributed by atoms with Gasteiger partial charge in [-0.05, 0) is 24.0 Å². The second-order valence-electron chi connectivity index (χ2n) is 10.8. The molecule has 0 bridgehead atoms. The van der Waals surface area contributed by atoms with Gasteiger partial charge in [0.05, 0.1) is 18.1 Å². The Morgan fingerprint density at radius 2 is 1.45 bits per heavy atom. The minimum atomic E-state index is -4.96. The molecule has 2 aliphatic heterocycles. The summed E-state index contributed by atoms with van der Waals surface area (Å²) in [6, 6.07) is 17.4. The van der Waals surface area contributed by atoms with Crippen LogP contribution in [-0.2, 0) is 11.0 Å². The summed E-state index contributed by atoms with van der Waals surface area (Å²) in [5.41, 5.74) is 0.134. The topological polar surface area (TPSA) is 96.2 Å². The molecule has 1 saturated heterocycles. The van der Waals surface area contributed by atoms with E-state index in [2.05, 4.69) is 15.3 Å². The number of aliphatic hydroxyl groups is 1. The first kappa shape index (κ1) is 29.6. The third-order valence-corrected chi connectivity index (χ3v) is 8.07. The fraction of sp³-hybridized carbons (Fsp3) is 0.333. The van der Waals surface area contributed by atoms with Gasteiger partial charge in [0.15, 0.2) is 5.69 Å². The number of fused-ring (bicyclic) bond motifs is 1. The molecule has 1 amide bonds. The van der Waals surface area contributed by atoms with E-state index in [-0.39, 0.29) is 36.0 Å². The minimum Gasteiger partial charge on any atom is -0.382 e. The largest absolute Gasteiger partial charge is 0.434 e. The molecule has 230 valence electrons. The molecule has 2 aromatic heterocycles. The molecule has 4 heterocycles. The maximum Gasteiger partial charge on any atom is 0.434 e. The quantitative estimate of drug-likeness (QED) is 0.281. The van der Waals surface area contributed by atoms with Gasteiger partial charge in [0.1, 0.15) is 29.7 Å². The van der Waals surface area contributed by atoms with Gasteiger partial charge in [-0.1, -0.05) is 60.7 Å². The highest BCUT2D eigenvalue weighted by Gasteiger charge is 2.55. The van der Waals surface area contributed by atoms with Gasteiger partial charge in [-0.15, -0.1) is 0 Å². The van der Waals surface area contributed by atoms with Gasteiger partial charge in [0, 0.05) is 24.6 Å². The summed E-state index contributed by atoms with van der Waals surface area (Å²) in [5.74, 6) is -4.11. The van der Waals surface area contributed by atoms with Crippen LogP contribution in [0, 0.1) is 0 Å². The van der Waals surface area contributed by atoms with E-state index < -0.39 is 47.9 Å². The first-order chi connectivity index (χ1) is 20.9. The normalized spacial score (nSPS) is 19.6. The smallest absolute Gasteiger partial charge is 0.382 e. The number of carbonyl (C=O) groups is 1. The molecular weight excluding hydrogens is 590 g/mol. The lowest BCUT2D eigenvalue weighted by Crippen LogP contribution is -2.45. The van der Waals surface area contributed by atoms with Crippen molar-refractivity contribution in [3.8, 4) is 0 Å². The Labute approximate surface area is 247 Å². The monoisotopic (exact) mass is 616 g/mol. The van der Waals surface area contributed by atoms with E-state index in [1.165, 1.54) is 4.68 Å². The summed E-state index contributed by atoms with van der Waals surface area (Å²) in [5, 5.41) is 17.8. The van der Waals surface area contributed by atoms with Crippen LogP contribution < -0.4 is 10.2 Å². The summed E-state index contributed by atoms with van der Waals surface area (Å²) in [7, 11) is 0. The first-order valence-corrected chi connectivity index (χ1v) is 13.9. The number of nitrogens with zero attached hydrogens (tertiary/aromatic N) is 5. The Balaban J connectivity index is 1.42. The van der Waals surface area contributed by atoms with E-state index >= 15 is 0 Å². The van der Waals surface area contributed by atoms with Gasteiger partial charge in [-0.3, -0.25) is 4.79 Å². The van der Waals surface area contributed by atoms with Gasteiger partial charge in [-0.2, -0.15) is 31.4 Å². The van der Waals surface area contributed by atoms with Gasteiger partial charge in [0.2, 0.25) is 0 Å². The van der Waals surface area contributed by atoms with E-state index in [0.717, 1.165) is 17.3 Å². The van der Waals surface area contributed by atoms with Gasteiger partial charge in [0.25, 0.3) is 5.91 Å². The Hall–Kier alpha value is -4.46. The van der Waals surface area contributed by atoms with Crippen molar-refractivity contribution in [3.05, 3.63) is 101 Å². The lowest BCUT2D eigenvalue weighted by molar-refractivity contribution is -0.177. The predicted octanol–water partition coefficient (Wildman–Crippen LogP) is 5.67. The zero-order valence-corrected chi connectivity index (χ0v) is 22.9. The van der Waals surface area contributed by atoms with Crippen molar-refractivity contribution in [2.24, 2.45) is 0 Å². The van der Waals surface area contributed by atoms with Crippen LogP contribution in [0.4, 0.5) is 38.0 Å². The van der Waals surface area contributed by atoms with Crippen molar-refractivity contribution >= 4 is 17.5 Å². The number of alkyl halides is 6. The summed E-state index contributed by atoms with van der Waals surface area (Å²) in [6.45, 7) is 0.525. The molecular formula is C30H26F6N6O2. The Kier molecular flexibility index (Phi) is 7.56. The average molecular weight is 617 g/mol. The van der Waals surface area contributed by atoms with Crippen molar-refractivity contribution in [2.45, 2.75) is 49.2 Å². The van der Waals surface area contributed by atoms with Crippen molar-refractivity contribution in [3.63, 3.8) is 0 Å². The first-order valence-electron chi connectivity index (χ1n) is 13.9. The SMILES string of the molecule is O=C1Nc2c(c(C3CCN(c4cnc(C(F)(F)F)cn4)CC3)nn2C(c2ccccc2)c2ccccc2)C(C(F)(F)F)C1O. The number of halogens is 6. The molecule has 0 radical (unpaired) electrons. The fourth-order valence-electron chi connectivity index (χ4n) is 5.99. The summed E-state index contributed by atoms with van der Waals surface area (Å²) < 4.78 is 83.9. The molecule has 14 heteroatoms. The van der Waals surface area contributed by atoms with Crippen molar-refractivity contribution in [2.75, 3.05) is 23.3 Å². The van der Waals surface area contributed by atoms with Crippen LogP contribution in [0.3, 0.4) is 0 Å². The van der Waals surface area contributed by atoms with Crippen molar-refractivity contribution < 1.29 is 36.2 Å². The lowest BCUT2D eigenvalue weighted by Gasteiger charge is -2.34. The van der Waals surface area contributed by atoms with Crippen molar-refractivity contribution in [1.82, 2.24) is 19.7 Å². The van der Waals surface area contributed by atoms with Gasteiger partial charge >= 0.3 is 12.4 Å². The lowest BCUT2D eigenvalue weighted by atomic mass is 9.82. The van der Waals surface area contributed by atoms with E-state index in [0.29, 0.717) is 19.0 Å². The molecule has 0 saturated carbocycles. The summed E-state index contributed by atoms with van der Waals surface area (Å²) in [6.07, 6.45) is -9.71. The van der Waals surface area contributed by atoms with E-state index in [9.17, 15) is 36.2 Å². The summed E-state index contributed by atoms with van der Waals surface area (Å²) in [4.78, 5) is 21.8. The number of piperidine rings is 1. The number of carbonyl (C=O) groups excluding carboxylic acids is 1. The van der Waals surface area contributed by atoms with Crippen molar-refractivity contribution in [1.29, 1.82) is 0 Å². The predicted molar refractivity (Wildman–Crippen MR) is 147 cm³/mol. The molecule has 2 unspecified atom stereocenters. The number of hydrogen-bond donors (Lipinski definition) is 2. The fourth-order valence-corrected chi connectivity index (χ4v) is 5.99. The third kappa shape index (κ3) is 5.49. The minimum absolute atomic E-state index is 0.108. The molecule has 1 fully saturated rings. The zero-order valence-electron chi connectivity index (χ0n) is 22.9. The van der Waals surface area contributed by atoms with E-state index in [4.69, 9.17) is 5.10 Å². The second kappa shape index (κ2) is 11.2. The second-order valence-corrected chi connectivity index (χ2v) is 10.8. The van der Waals surface area contributed by atoms with Gasteiger partial charge < -0.3 is 15.3 Å². The maximum absolute atomic E-state index is 14.6. The standard InChI is InChI=1S/C30H26F6N6O2/c31-29(32,33)20-15-38-21(16-37-20)41-13-11-17(12-14-41)24-22-23(30(34,35)36)26(43)28(44)39-27(22)42(40-24)25(18-7-3-1-4-8-18)19-9-5-2-6-10-19/h1-10,15-17,23,25-26,43H,11-14H2,(H,39,44). The number of amides is 1. The molecule has 0 aliphatic carbocycles. The van der Waals surface area contributed by atoms with Crippen LogP contribution in [0.1, 0.15) is 58.8 Å². The number of nitrogens with one attached hydrogen (secondary N) is 1. The van der Waals surface area contributed by atoms with Crippen LogP contribution in [0.15, 0.2) is 73.1 Å². The molecule has 0 spiro atoms. The van der Waals surface area contributed by atoms with Crippen LogP contribution >= 0.6 is 0 Å². The summed E-state index contributed by atoms with van der Waals surface area (Å²) >= 11 is 0. The molecule has 4 aromatic rings. The Morgan fingerprint density at radius 1 is 0.864 bits per heavy atom. The highest BCUT2D eigenvalue weighted by atomic mass is 19.4.